The van der Waals surface area contributed by atoms with Gasteiger partial charge in [-0.15, -0.1) is 0 Å². The molecular weight excluding hydrogens is 280 g/mol. The molecule has 0 fully saturated rings. The zero-order valence-electron chi connectivity index (χ0n) is 12.7. The standard InChI is InChI=1S/C18H18O4/c1-13-3-7-15(8-4-13)11-21-17(19)18(20)22-12-16-9-5-14(2)6-10-16/h3-10H,11-12H2,1-2H3. The van der Waals surface area contributed by atoms with Crippen molar-refractivity contribution in [1.82, 2.24) is 0 Å². The monoisotopic (exact) mass is 298 g/mol. The number of benzene rings is 2. The van der Waals surface area contributed by atoms with Gasteiger partial charge in [-0.1, -0.05) is 59.7 Å². The number of carbonyl (C=O) groups excluding carboxylic acids is 2. The molecule has 0 aliphatic rings. The van der Waals surface area contributed by atoms with E-state index in [0.717, 1.165) is 22.3 Å². The highest BCUT2D eigenvalue weighted by atomic mass is 16.6. The van der Waals surface area contributed by atoms with Crippen molar-refractivity contribution in [3.63, 3.8) is 0 Å². The van der Waals surface area contributed by atoms with Crippen LogP contribution in [0.25, 0.3) is 0 Å². The lowest BCUT2D eigenvalue weighted by Gasteiger charge is -2.06. The third-order valence-electron chi connectivity index (χ3n) is 3.15. The van der Waals surface area contributed by atoms with Crippen molar-refractivity contribution in [3.8, 4) is 0 Å². The summed E-state index contributed by atoms with van der Waals surface area (Å²) in [6.07, 6.45) is 0. The zero-order chi connectivity index (χ0) is 15.9. The molecule has 2 aromatic rings. The molecule has 0 spiro atoms. The maximum absolute atomic E-state index is 11.6. The fourth-order valence-electron chi connectivity index (χ4n) is 1.78. The Kier molecular flexibility index (Phi) is 5.31. The molecule has 2 aromatic carbocycles. The number of carbonyl (C=O) groups is 2. The minimum atomic E-state index is -0.979. The van der Waals surface area contributed by atoms with Crippen LogP contribution in [0.5, 0.6) is 0 Å². The fraction of sp³-hybridized carbons (Fsp3) is 0.222. The molecular formula is C18H18O4. The molecule has 0 saturated carbocycles. The molecule has 0 heterocycles. The van der Waals surface area contributed by atoms with Crippen LogP contribution < -0.4 is 0 Å². The molecule has 2 rings (SSSR count). The van der Waals surface area contributed by atoms with Gasteiger partial charge in [0.05, 0.1) is 0 Å². The van der Waals surface area contributed by atoms with Gasteiger partial charge >= 0.3 is 11.9 Å². The van der Waals surface area contributed by atoms with Crippen LogP contribution in [-0.2, 0) is 32.3 Å². The van der Waals surface area contributed by atoms with Gasteiger partial charge in [0.2, 0.25) is 0 Å². The largest absolute Gasteiger partial charge is 0.452 e. The highest BCUT2D eigenvalue weighted by molar-refractivity contribution is 6.29. The molecule has 0 bridgehead atoms. The van der Waals surface area contributed by atoms with Crippen molar-refractivity contribution in [2.45, 2.75) is 27.1 Å². The van der Waals surface area contributed by atoms with Gasteiger partial charge in [-0.2, -0.15) is 0 Å². The Hall–Kier alpha value is -2.62. The van der Waals surface area contributed by atoms with Crippen molar-refractivity contribution >= 4 is 11.9 Å². The van der Waals surface area contributed by atoms with Gasteiger partial charge in [0, 0.05) is 0 Å². The SMILES string of the molecule is Cc1ccc(COC(=O)C(=O)OCc2ccc(C)cc2)cc1. The van der Waals surface area contributed by atoms with Crippen LogP contribution in [0, 0.1) is 13.8 Å². The summed E-state index contributed by atoms with van der Waals surface area (Å²) >= 11 is 0. The molecule has 0 N–H and O–H groups in total. The summed E-state index contributed by atoms with van der Waals surface area (Å²) in [6.45, 7) is 4.05. The summed E-state index contributed by atoms with van der Waals surface area (Å²) in [4.78, 5) is 23.1. The van der Waals surface area contributed by atoms with Crippen LogP contribution in [0.3, 0.4) is 0 Å². The van der Waals surface area contributed by atoms with Crippen LogP contribution in [0.1, 0.15) is 22.3 Å². The topological polar surface area (TPSA) is 52.6 Å². The van der Waals surface area contributed by atoms with Gasteiger partial charge in [-0.3, -0.25) is 0 Å². The molecule has 0 saturated heterocycles. The summed E-state index contributed by atoms with van der Waals surface area (Å²) in [5.41, 5.74) is 3.88. The van der Waals surface area contributed by atoms with Crippen LogP contribution in [-0.4, -0.2) is 11.9 Å². The predicted molar refractivity (Wildman–Crippen MR) is 82.0 cm³/mol. The van der Waals surface area contributed by atoms with Crippen molar-refractivity contribution in [3.05, 3.63) is 70.8 Å². The summed E-state index contributed by atoms with van der Waals surface area (Å²) in [7, 11) is 0. The third-order valence-corrected chi connectivity index (χ3v) is 3.15. The van der Waals surface area contributed by atoms with Gasteiger partial charge in [0.15, 0.2) is 0 Å². The highest BCUT2D eigenvalue weighted by Crippen LogP contribution is 2.07. The lowest BCUT2D eigenvalue weighted by molar-refractivity contribution is -0.169. The Morgan fingerprint density at radius 1 is 0.682 bits per heavy atom. The van der Waals surface area contributed by atoms with Gasteiger partial charge in [-0.25, -0.2) is 9.59 Å². The molecule has 0 radical (unpaired) electrons. The average Bonchev–Trinajstić information content (AvgIpc) is 2.53. The number of esters is 2. The van der Waals surface area contributed by atoms with Crippen LogP contribution >= 0.6 is 0 Å². The van der Waals surface area contributed by atoms with Crippen molar-refractivity contribution in [2.24, 2.45) is 0 Å². The Morgan fingerprint density at radius 3 is 1.32 bits per heavy atom. The smallest absolute Gasteiger partial charge is 0.417 e. The second-order valence-corrected chi connectivity index (χ2v) is 5.12. The summed E-state index contributed by atoms with van der Waals surface area (Å²) in [6, 6.07) is 15.1. The lowest BCUT2D eigenvalue weighted by atomic mass is 10.2. The van der Waals surface area contributed by atoms with E-state index in [4.69, 9.17) is 9.47 Å². The summed E-state index contributed by atoms with van der Waals surface area (Å²) in [5, 5.41) is 0. The first-order chi connectivity index (χ1) is 10.5. The molecule has 114 valence electrons. The van der Waals surface area contributed by atoms with E-state index in [0.29, 0.717) is 0 Å². The first-order valence-electron chi connectivity index (χ1n) is 6.99. The average molecular weight is 298 g/mol. The van der Waals surface area contributed by atoms with E-state index in [-0.39, 0.29) is 13.2 Å². The van der Waals surface area contributed by atoms with E-state index in [2.05, 4.69) is 0 Å². The molecule has 4 heteroatoms. The number of ether oxygens (including phenoxy) is 2. The second kappa shape index (κ2) is 7.41. The van der Waals surface area contributed by atoms with Gasteiger partial charge in [-0.05, 0) is 25.0 Å². The van der Waals surface area contributed by atoms with E-state index in [9.17, 15) is 9.59 Å². The predicted octanol–water partition coefficient (Wildman–Crippen LogP) is 3.09. The maximum atomic E-state index is 11.6. The number of aryl methyl sites for hydroxylation is 2. The van der Waals surface area contributed by atoms with Gasteiger partial charge in [0.1, 0.15) is 13.2 Å². The Morgan fingerprint density at radius 2 is 1.00 bits per heavy atom. The molecule has 0 amide bonds. The molecule has 0 aliphatic carbocycles. The number of rotatable bonds is 4. The van der Waals surface area contributed by atoms with E-state index < -0.39 is 11.9 Å². The molecule has 0 unspecified atom stereocenters. The molecule has 4 nitrogen and oxygen atoms in total. The minimum Gasteiger partial charge on any atom is -0.452 e. The van der Waals surface area contributed by atoms with Crippen LogP contribution in [0.2, 0.25) is 0 Å². The van der Waals surface area contributed by atoms with E-state index >= 15 is 0 Å². The molecule has 0 atom stereocenters. The maximum Gasteiger partial charge on any atom is 0.417 e. The lowest BCUT2D eigenvalue weighted by Crippen LogP contribution is -2.20. The molecule has 0 aliphatic heterocycles. The van der Waals surface area contributed by atoms with Gasteiger partial charge in [0.25, 0.3) is 0 Å². The molecule has 22 heavy (non-hydrogen) atoms. The highest BCUT2D eigenvalue weighted by Gasteiger charge is 2.17. The normalized spacial score (nSPS) is 10.1. The molecule has 0 aromatic heterocycles. The van der Waals surface area contributed by atoms with Crippen LogP contribution in [0.15, 0.2) is 48.5 Å². The number of hydrogen-bond donors (Lipinski definition) is 0. The Bertz CT molecular complexity index is 582. The first-order valence-corrected chi connectivity index (χ1v) is 6.99. The third kappa shape index (κ3) is 4.74. The number of hydrogen-bond acceptors (Lipinski definition) is 4. The summed E-state index contributed by atoms with van der Waals surface area (Å²) < 4.78 is 9.85. The fourth-order valence-corrected chi connectivity index (χ4v) is 1.78. The van der Waals surface area contributed by atoms with E-state index in [1.807, 2.05) is 62.4 Å². The minimum absolute atomic E-state index is 0.0543. The van der Waals surface area contributed by atoms with Crippen molar-refractivity contribution < 1.29 is 19.1 Å². The van der Waals surface area contributed by atoms with Crippen molar-refractivity contribution in [2.75, 3.05) is 0 Å². The first kappa shape index (κ1) is 15.8. The zero-order valence-corrected chi connectivity index (χ0v) is 12.7. The van der Waals surface area contributed by atoms with Gasteiger partial charge < -0.3 is 9.47 Å². The quantitative estimate of drug-likeness (QED) is 0.643. The van der Waals surface area contributed by atoms with E-state index in [1.165, 1.54) is 0 Å². The summed E-state index contributed by atoms with van der Waals surface area (Å²) in [5.74, 6) is -1.96. The Balaban J connectivity index is 1.78. The van der Waals surface area contributed by atoms with Crippen LogP contribution in [0.4, 0.5) is 0 Å². The van der Waals surface area contributed by atoms with Crippen molar-refractivity contribution in [1.29, 1.82) is 0 Å². The Labute approximate surface area is 129 Å². The second-order valence-electron chi connectivity index (χ2n) is 5.12. The van der Waals surface area contributed by atoms with E-state index in [1.54, 1.807) is 0 Å².